The van der Waals surface area contributed by atoms with Crippen LogP contribution < -0.4 is 0 Å². The zero-order valence-electron chi connectivity index (χ0n) is 27.3. The van der Waals surface area contributed by atoms with Gasteiger partial charge in [0.15, 0.2) is 17.5 Å². The largest absolute Gasteiger partial charge is 0.208 e. The summed E-state index contributed by atoms with van der Waals surface area (Å²) in [4.78, 5) is 15.7. The van der Waals surface area contributed by atoms with Crippen molar-refractivity contribution in [3.05, 3.63) is 164 Å². The van der Waals surface area contributed by atoms with Gasteiger partial charge >= 0.3 is 0 Å². The van der Waals surface area contributed by atoms with E-state index in [1.165, 1.54) is 69.7 Å². The summed E-state index contributed by atoms with van der Waals surface area (Å²) in [5, 5.41) is 7.32. The molecule has 0 radical (unpaired) electrons. The number of benzene rings is 8. The van der Waals surface area contributed by atoms with Gasteiger partial charge in [-0.1, -0.05) is 140 Å². The number of rotatable bonds is 4. The van der Waals surface area contributed by atoms with Crippen LogP contribution in [0.25, 0.3) is 109 Å². The Morgan fingerprint density at radius 1 is 0.314 bits per heavy atom. The Morgan fingerprint density at radius 3 is 1.63 bits per heavy atom. The van der Waals surface area contributed by atoms with E-state index in [1.807, 2.05) is 29.5 Å². The van der Waals surface area contributed by atoms with Gasteiger partial charge in [-0.15, -0.1) is 11.3 Å². The van der Waals surface area contributed by atoms with E-state index in [0.29, 0.717) is 17.5 Å². The highest BCUT2D eigenvalue weighted by Crippen LogP contribution is 2.51. The first-order valence-corrected chi connectivity index (χ1v) is 18.0. The lowest BCUT2D eigenvalue weighted by molar-refractivity contribution is 1.08. The van der Waals surface area contributed by atoms with Gasteiger partial charge in [0.25, 0.3) is 0 Å². The quantitative estimate of drug-likeness (QED) is 0.188. The monoisotopic (exact) mass is 665 g/mol. The summed E-state index contributed by atoms with van der Waals surface area (Å²) in [5.74, 6) is 1.99. The normalized spacial score (nSPS) is 11.9. The average molecular weight is 666 g/mol. The summed E-state index contributed by atoms with van der Waals surface area (Å²) in [5.41, 5.74) is 10.5. The predicted molar refractivity (Wildman–Crippen MR) is 214 cm³/mol. The van der Waals surface area contributed by atoms with Crippen LogP contribution in [-0.2, 0) is 0 Å². The van der Waals surface area contributed by atoms with E-state index >= 15 is 0 Å². The molecule has 0 N–H and O–H groups in total. The molecule has 51 heavy (non-hydrogen) atoms. The fourth-order valence-electron chi connectivity index (χ4n) is 7.99. The van der Waals surface area contributed by atoms with E-state index in [4.69, 9.17) is 15.0 Å². The maximum absolute atomic E-state index is 5.31. The molecule has 0 atom stereocenters. The van der Waals surface area contributed by atoms with Crippen LogP contribution >= 0.6 is 11.3 Å². The summed E-state index contributed by atoms with van der Waals surface area (Å²) in [6.07, 6.45) is 0. The Labute approximate surface area is 298 Å². The highest BCUT2D eigenvalue weighted by molar-refractivity contribution is 7.26. The molecule has 11 rings (SSSR count). The smallest absolute Gasteiger partial charge is 0.164 e. The number of aromatic nitrogens is 3. The van der Waals surface area contributed by atoms with Gasteiger partial charge in [0.05, 0.1) is 0 Å². The van der Waals surface area contributed by atoms with Crippen LogP contribution in [0.2, 0.25) is 0 Å². The Balaban J connectivity index is 1.16. The van der Waals surface area contributed by atoms with Crippen molar-refractivity contribution in [3.63, 3.8) is 0 Å². The molecule has 0 spiro atoms. The third-order valence-corrected chi connectivity index (χ3v) is 11.4. The van der Waals surface area contributed by atoms with E-state index in [9.17, 15) is 0 Å². The second-order valence-electron chi connectivity index (χ2n) is 13.1. The molecule has 3 nitrogen and oxygen atoms in total. The van der Waals surface area contributed by atoms with Gasteiger partial charge in [0.2, 0.25) is 0 Å². The zero-order chi connectivity index (χ0) is 33.5. The van der Waals surface area contributed by atoms with Crippen molar-refractivity contribution >= 4 is 53.1 Å². The lowest BCUT2D eigenvalue weighted by Crippen LogP contribution is -2.01. The fourth-order valence-corrected chi connectivity index (χ4v) is 9.14. The summed E-state index contributed by atoms with van der Waals surface area (Å²) in [7, 11) is 0. The lowest BCUT2D eigenvalue weighted by Gasteiger charge is -2.13. The van der Waals surface area contributed by atoms with Crippen molar-refractivity contribution in [3.8, 4) is 67.5 Å². The van der Waals surface area contributed by atoms with Gasteiger partial charge in [-0.3, -0.25) is 0 Å². The molecule has 1 aliphatic carbocycles. The molecular formula is C47H27N3S. The highest BCUT2D eigenvalue weighted by atomic mass is 32.1. The van der Waals surface area contributed by atoms with Gasteiger partial charge in [0.1, 0.15) is 0 Å². The van der Waals surface area contributed by atoms with Gasteiger partial charge in [0, 0.05) is 36.9 Å². The minimum Gasteiger partial charge on any atom is -0.208 e. The summed E-state index contributed by atoms with van der Waals surface area (Å²) in [6, 6.07) is 58.3. The van der Waals surface area contributed by atoms with Crippen molar-refractivity contribution < 1.29 is 0 Å². The van der Waals surface area contributed by atoms with Crippen LogP contribution in [0.15, 0.2) is 164 Å². The first kappa shape index (κ1) is 28.4. The molecule has 0 unspecified atom stereocenters. The van der Waals surface area contributed by atoms with Gasteiger partial charge < -0.3 is 0 Å². The molecule has 2 aromatic heterocycles. The van der Waals surface area contributed by atoms with Crippen LogP contribution in [0.1, 0.15) is 0 Å². The number of nitrogens with zero attached hydrogens (tertiary/aromatic N) is 3. The molecule has 10 aromatic rings. The first-order valence-electron chi connectivity index (χ1n) is 17.2. The van der Waals surface area contributed by atoms with Gasteiger partial charge in [-0.25, -0.2) is 15.0 Å². The topological polar surface area (TPSA) is 38.7 Å². The van der Waals surface area contributed by atoms with Crippen LogP contribution in [0.5, 0.6) is 0 Å². The maximum atomic E-state index is 5.31. The molecule has 1 aliphatic rings. The standard InChI is InChI=1S/C47H27N3S/c1-3-12-28(13-4-1)31-24-25-36(33-19-8-7-18-32(31)33)46-48-45(30-14-5-2-6-15-30)49-47(50-46)37-22-11-23-41-44(37)40-26-38-34-20-9-16-29-17-10-21-35(43(29)34)39(38)27-42(40)51-41/h1-27H. The van der Waals surface area contributed by atoms with Crippen molar-refractivity contribution in [1.82, 2.24) is 15.0 Å². The van der Waals surface area contributed by atoms with E-state index < -0.39 is 0 Å². The van der Waals surface area contributed by atoms with Crippen LogP contribution in [0.3, 0.4) is 0 Å². The Bertz CT molecular complexity index is 3010. The lowest BCUT2D eigenvalue weighted by atomic mass is 9.94. The van der Waals surface area contributed by atoms with Crippen molar-refractivity contribution in [1.29, 1.82) is 0 Å². The van der Waals surface area contributed by atoms with Crippen molar-refractivity contribution in [2.45, 2.75) is 0 Å². The van der Waals surface area contributed by atoms with E-state index in [0.717, 1.165) is 22.1 Å². The fraction of sp³-hybridized carbons (Fsp3) is 0. The maximum Gasteiger partial charge on any atom is 0.164 e. The first-order chi connectivity index (χ1) is 25.3. The molecule has 236 valence electrons. The molecule has 8 aromatic carbocycles. The Kier molecular flexibility index (Phi) is 6.12. The van der Waals surface area contributed by atoms with Crippen LogP contribution in [0, 0.1) is 0 Å². The molecule has 0 amide bonds. The second kappa shape index (κ2) is 11.0. The molecule has 4 heteroatoms. The van der Waals surface area contributed by atoms with Gasteiger partial charge in [-0.2, -0.15) is 0 Å². The van der Waals surface area contributed by atoms with E-state index in [-0.39, 0.29) is 0 Å². The summed E-state index contributed by atoms with van der Waals surface area (Å²) >= 11 is 1.84. The number of thiophene rings is 1. The third-order valence-electron chi connectivity index (χ3n) is 10.3. The minimum atomic E-state index is 0.659. The molecular weight excluding hydrogens is 639 g/mol. The Morgan fingerprint density at radius 2 is 0.882 bits per heavy atom. The van der Waals surface area contributed by atoms with Crippen LogP contribution in [-0.4, -0.2) is 15.0 Å². The minimum absolute atomic E-state index is 0.659. The van der Waals surface area contributed by atoms with Gasteiger partial charge in [-0.05, 0) is 79.2 Å². The molecule has 0 saturated heterocycles. The van der Waals surface area contributed by atoms with E-state index in [1.54, 1.807) is 0 Å². The van der Waals surface area contributed by atoms with Crippen molar-refractivity contribution in [2.24, 2.45) is 0 Å². The SMILES string of the molecule is c1ccc(-c2nc(-c3ccc(-c4ccccc4)c4ccccc34)nc(-c3cccc4sc5cc6c(cc5c34)-c3cccc4cccc-6c34)n2)cc1. The average Bonchev–Trinajstić information content (AvgIpc) is 3.73. The summed E-state index contributed by atoms with van der Waals surface area (Å²) < 4.78 is 2.49. The molecule has 0 aliphatic heterocycles. The summed E-state index contributed by atoms with van der Waals surface area (Å²) in [6.45, 7) is 0. The number of hydrogen-bond donors (Lipinski definition) is 0. The Hall–Kier alpha value is -6.49. The molecule has 0 saturated carbocycles. The second-order valence-corrected chi connectivity index (χ2v) is 14.2. The van der Waals surface area contributed by atoms with Crippen molar-refractivity contribution in [2.75, 3.05) is 0 Å². The predicted octanol–water partition coefficient (Wildman–Crippen LogP) is 12.9. The van der Waals surface area contributed by atoms with Crippen LogP contribution in [0.4, 0.5) is 0 Å². The number of hydrogen-bond acceptors (Lipinski definition) is 4. The molecule has 0 fully saturated rings. The highest BCUT2D eigenvalue weighted by Gasteiger charge is 2.24. The molecule has 2 heterocycles. The van der Waals surface area contributed by atoms with E-state index in [2.05, 4.69) is 146 Å². The number of fused-ring (bicyclic) bond motifs is 7. The zero-order valence-corrected chi connectivity index (χ0v) is 28.2. The molecule has 0 bridgehead atoms. The third kappa shape index (κ3) is 4.33.